The molecule has 1 aliphatic rings. The van der Waals surface area contributed by atoms with Gasteiger partial charge in [0, 0.05) is 33.0 Å². The average Bonchev–Trinajstić information content (AvgIpc) is 2.32. The Balaban J connectivity index is 2.51. The molecule has 0 bridgehead atoms. The fourth-order valence-corrected chi connectivity index (χ4v) is 5.88. The Bertz CT molecular complexity index is 489. The van der Waals surface area contributed by atoms with Crippen molar-refractivity contribution in [2.45, 2.75) is 12.8 Å². The van der Waals surface area contributed by atoms with Crippen LogP contribution in [-0.4, -0.2) is 72.4 Å². The van der Waals surface area contributed by atoms with Gasteiger partial charge in [-0.15, -0.1) is 0 Å². The first-order valence-corrected chi connectivity index (χ1v) is 10.3. The van der Waals surface area contributed by atoms with Gasteiger partial charge in [0.2, 0.25) is 10.0 Å². The highest BCUT2D eigenvalue weighted by Gasteiger charge is 2.31. The predicted octanol–water partition coefficient (Wildman–Crippen LogP) is -0.734. The number of sulfonamides is 1. The first kappa shape index (κ1) is 17.8. The summed E-state index contributed by atoms with van der Waals surface area (Å²) in [5, 5.41) is 2.41. The lowest BCUT2D eigenvalue weighted by atomic mass is 10.00. The number of piperidine rings is 1. The molecule has 1 unspecified atom stereocenters. The van der Waals surface area contributed by atoms with Gasteiger partial charge in [-0.2, -0.15) is 0 Å². The van der Waals surface area contributed by atoms with Crippen LogP contribution in [0.1, 0.15) is 12.8 Å². The lowest BCUT2D eigenvalue weighted by Gasteiger charge is -2.31. The minimum absolute atomic E-state index is 0.218. The molecule has 1 rings (SSSR count). The predicted molar refractivity (Wildman–Crippen MR) is 77.7 cm³/mol. The zero-order valence-corrected chi connectivity index (χ0v) is 13.7. The highest BCUT2D eigenvalue weighted by molar-refractivity contribution is 8.06. The van der Waals surface area contributed by atoms with E-state index < -0.39 is 24.9 Å². The van der Waals surface area contributed by atoms with Gasteiger partial charge < -0.3 is 10.1 Å². The summed E-state index contributed by atoms with van der Waals surface area (Å²) in [4.78, 5) is 0. The Kier molecular flexibility index (Phi) is 6.86. The molecule has 0 radical (unpaired) electrons. The third-order valence-corrected chi connectivity index (χ3v) is 7.18. The molecule has 0 saturated carbocycles. The monoisotopic (exact) mass is 328 g/mol. The van der Waals surface area contributed by atoms with E-state index in [0.717, 1.165) is 25.6 Å². The fourth-order valence-electron chi connectivity index (χ4n) is 2.27. The quantitative estimate of drug-likeness (QED) is 0.590. The highest BCUT2D eigenvalue weighted by Crippen LogP contribution is 2.19. The Morgan fingerprint density at radius 1 is 1.30 bits per heavy atom. The van der Waals surface area contributed by atoms with E-state index in [9.17, 15) is 16.8 Å². The van der Waals surface area contributed by atoms with Gasteiger partial charge in [0.25, 0.3) is 0 Å². The van der Waals surface area contributed by atoms with E-state index in [1.165, 1.54) is 4.31 Å². The standard InChI is InChI=1S/C11H24N2O5S2/c1-18-7-5-12-8-11-4-3-6-13(9-11)20(16,17)10-19(2,14)15/h11-12H,3-10H2,1-2H3. The van der Waals surface area contributed by atoms with Crippen molar-refractivity contribution < 1.29 is 21.6 Å². The summed E-state index contributed by atoms with van der Waals surface area (Å²) in [6.07, 6.45) is 2.66. The SMILES string of the molecule is COCCNCC1CCCN(S(=O)(=O)CS(C)(=O)=O)C1. The van der Waals surface area contributed by atoms with Gasteiger partial charge in [0.05, 0.1) is 6.61 Å². The number of hydrogen-bond acceptors (Lipinski definition) is 6. The number of sulfone groups is 1. The summed E-state index contributed by atoms with van der Waals surface area (Å²) in [7, 11) is -5.62. The molecule has 0 aromatic heterocycles. The number of ether oxygens (including phenoxy) is 1. The van der Waals surface area contributed by atoms with E-state index in [1.54, 1.807) is 7.11 Å². The summed E-state index contributed by atoms with van der Waals surface area (Å²) >= 11 is 0. The lowest BCUT2D eigenvalue weighted by molar-refractivity contribution is 0.193. The second-order valence-corrected chi connectivity index (χ2v) is 9.69. The average molecular weight is 328 g/mol. The number of methoxy groups -OCH3 is 1. The van der Waals surface area contributed by atoms with Crippen LogP contribution in [0.4, 0.5) is 0 Å². The molecule has 20 heavy (non-hydrogen) atoms. The Hall–Kier alpha value is -0.220. The van der Waals surface area contributed by atoms with E-state index in [4.69, 9.17) is 4.74 Å². The molecule has 1 atom stereocenters. The van der Waals surface area contributed by atoms with Crippen LogP contribution in [0.25, 0.3) is 0 Å². The number of rotatable bonds is 8. The molecule has 0 spiro atoms. The van der Waals surface area contributed by atoms with Crippen LogP contribution in [0.15, 0.2) is 0 Å². The van der Waals surface area contributed by atoms with Crippen LogP contribution in [0.2, 0.25) is 0 Å². The van der Waals surface area contributed by atoms with Crippen molar-refractivity contribution in [3.05, 3.63) is 0 Å². The molecule has 1 heterocycles. The maximum Gasteiger partial charge on any atom is 0.228 e. The summed E-state index contributed by atoms with van der Waals surface area (Å²) in [6, 6.07) is 0. The fraction of sp³-hybridized carbons (Fsp3) is 1.00. The second-order valence-electron chi connectivity index (χ2n) is 5.22. The van der Waals surface area contributed by atoms with Gasteiger partial charge in [-0.3, -0.25) is 0 Å². The smallest absolute Gasteiger partial charge is 0.228 e. The molecule has 0 aromatic rings. The van der Waals surface area contributed by atoms with Crippen molar-refractivity contribution in [3.63, 3.8) is 0 Å². The first-order valence-electron chi connectivity index (χ1n) is 6.60. The minimum atomic E-state index is -3.72. The maximum absolute atomic E-state index is 12.0. The van der Waals surface area contributed by atoms with E-state index in [2.05, 4.69) is 5.32 Å². The van der Waals surface area contributed by atoms with Crippen molar-refractivity contribution >= 4 is 19.9 Å². The van der Waals surface area contributed by atoms with Crippen molar-refractivity contribution in [3.8, 4) is 0 Å². The molecule has 1 N–H and O–H groups in total. The van der Waals surface area contributed by atoms with E-state index in [0.29, 0.717) is 26.2 Å². The molecule has 1 aliphatic heterocycles. The normalized spacial score (nSPS) is 22.0. The van der Waals surface area contributed by atoms with Crippen LogP contribution in [-0.2, 0) is 24.6 Å². The molecule has 0 aliphatic carbocycles. The number of hydrogen-bond donors (Lipinski definition) is 1. The first-order chi connectivity index (χ1) is 9.24. The summed E-state index contributed by atoms with van der Waals surface area (Å²) in [5.74, 6) is 0.218. The van der Waals surface area contributed by atoms with E-state index in [1.807, 2.05) is 0 Å². The van der Waals surface area contributed by atoms with Gasteiger partial charge in [-0.1, -0.05) is 0 Å². The third kappa shape index (κ3) is 6.49. The topological polar surface area (TPSA) is 92.8 Å². The summed E-state index contributed by atoms with van der Waals surface area (Å²) < 4.78 is 52.7. The van der Waals surface area contributed by atoms with Gasteiger partial charge in [-0.25, -0.2) is 21.1 Å². The summed E-state index contributed by atoms with van der Waals surface area (Å²) in [5.41, 5.74) is 0. The maximum atomic E-state index is 12.0. The lowest BCUT2D eigenvalue weighted by Crippen LogP contribution is -2.44. The number of nitrogens with zero attached hydrogens (tertiary/aromatic N) is 1. The summed E-state index contributed by atoms with van der Waals surface area (Å²) in [6.45, 7) is 2.85. The molecule has 1 saturated heterocycles. The Labute approximate surface area is 121 Å². The largest absolute Gasteiger partial charge is 0.383 e. The zero-order chi connectivity index (χ0) is 15.2. The van der Waals surface area contributed by atoms with Crippen molar-refractivity contribution in [2.24, 2.45) is 5.92 Å². The van der Waals surface area contributed by atoms with Crippen LogP contribution in [0.5, 0.6) is 0 Å². The van der Waals surface area contributed by atoms with Crippen LogP contribution >= 0.6 is 0 Å². The van der Waals surface area contributed by atoms with Gasteiger partial charge in [0.1, 0.15) is 0 Å². The highest BCUT2D eigenvalue weighted by atomic mass is 32.3. The van der Waals surface area contributed by atoms with Crippen LogP contribution in [0, 0.1) is 5.92 Å². The number of nitrogens with one attached hydrogen (secondary N) is 1. The van der Waals surface area contributed by atoms with E-state index >= 15 is 0 Å². The van der Waals surface area contributed by atoms with Crippen LogP contribution < -0.4 is 5.32 Å². The van der Waals surface area contributed by atoms with Crippen LogP contribution in [0.3, 0.4) is 0 Å². The van der Waals surface area contributed by atoms with Crippen molar-refractivity contribution in [1.29, 1.82) is 0 Å². The third-order valence-electron chi connectivity index (χ3n) is 3.15. The molecule has 9 heteroatoms. The Morgan fingerprint density at radius 2 is 2.00 bits per heavy atom. The molecule has 7 nitrogen and oxygen atoms in total. The zero-order valence-electron chi connectivity index (χ0n) is 12.0. The molecule has 0 aromatic carbocycles. The molecular formula is C11H24N2O5S2. The van der Waals surface area contributed by atoms with Crippen molar-refractivity contribution in [1.82, 2.24) is 9.62 Å². The van der Waals surface area contributed by atoms with Gasteiger partial charge in [-0.05, 0) is 25.3 Å². The van der Waals surface area contributed by atoms with Gasteiger partial charge in [0.15, 0.2) is 14.9 Å². The minimum Gasteiger partial charge on any atom is -0.383 e. The molecule has 120 valence electrons. The van der Waals surface area contributed by atoms with Gasteiger partial charge >= 0.3 is 0 Å². The molecule has 1 fully saturated rings. The van der Waals surface area contributed by atoms with Crippen molar-refractivity contribution in [2.75, 3.05) is 51.2 Å². The molecular weight excluding hydrogens is 304 g/mol. The second kappa shape index (κ2) is 7.69. The Morgan fingerprint density at radius 3 is 2.60 bits per heavy atom. The van der Waals surface area contributed by atoms with E-state index in [-0.39, 0.29) is 5.92 Å². The molecule has 0 amide bonds.